The molecule has 4 atom stereocenters. The molecule has 0 aliphatic heterocycles. The van der Waals surface area contributed by atoms with E-state index in [1.165, 1.54) is 0 Å². The van der Waals surface area contributed by atoms with Crippen LogP contribution in [0.1, 0.15) is 52.6 Å². The number of methoxy groups -OCH3 is 1. The van der Waals surface area contributed by atoms with Crippen molar-refractivity contribution >= 4 is 8.73 Å². The molecule has 0 radical (unpaired) electrons. The van der Waals surface area contributed by atoms with Crippen molar-refractivity contribution in [1.82, 2.24) is 14.2 Å². The van der Waals surface area contributed by atoms with Crippen LogP contribution in [0.2, 0.25) is 0 Å². The van der Waals surface area contributed by atoms with Crippen LogP contribution in [0, 0.1) is 6.92 Å². The highest BCUT2D eigenvalue weighted by Gasteiger charge is 2.36. The Hall–Kier alpha value is -0.970. The van der Waals surface area contributed by atoms with Gasteiger partial charge in [-0.3, -0.25) is 19.0 Å². The van der Waals surface area contributed by atoms with Gasteiger partial charge in [0.1, 0.15) is 0 Å². The third-order valence-electron chi connectivity index (χ3n) is 4.90. The lowest BCUT2D eigenvalue weighted by Crippen LogP contribution is -2.47. The quantitative estimate of drug-likeness (QED) is 0.726. The van der Waals surface area contributed by atoms with E-state index in [9.17, 15) is 9.59 Å². The van der Waals surface area contributed by atoms with Crippen molar-refractivity contribution < 1.29 is 4.74 Å². The minimum Gasteiger partial charge on any atom is -0.376 e. The Morgan fingerprint density at radius 2 is 1.92 bits per heavy atom. The van der Waals surface area contributed by atoms with Crippen LogP contribution in [0.4, 0.5) is 0 Å². The first-order valence-corrected chi connectivity index (χ1v) is 9.85. The normalized spacial score (nSPS) is 17.6. The maximum Gasteiger partial charge on any atom is 0.328 e. The molecule has 1 heterocycles. The molecule has 0 aromatic carbocycles. The molecule has 6 nitrogen and oxygen atoms in total. The van der Waals surface area contributed by atoms with Gasteiger partial charge in [0.05, 0.1) is 11.6 Å². The van der Waals surface area contributed by atoms with Gasteiger partial charge in [0.15, 0.2) is 0 Å². The van der Waals surface area contributed by atoms with Crippen molar-refractivity contribution in [2.45, 2.75) is 71.7 Å². The fourth-order valence-corrected chi connectivity index (χ4v) is 4.31. The fraction of sp³-hybridized carbons (Fsp3) is 0.765. The predicted molar refractivity (Wildman–Crippen MR) is 101 cm³/mol. The molecule has 0 bridgehead atoms. The molecule has 1 aromatic heterocycles. The third kappa shape index (κ3) is 4.56. The van der Waals surface area contributed by atoms with Crippen molar-refractivity contribution in [2.75, 3.05) is 13.8 Å². The summed E-state index contributed by atoms with van der Waals surface area (Å²) >= 11 is 0. The summed E-state index contributed by atoms with van der Waals surface area (Å²) in [5.41, 5.74) is -0.742. The predicted octanol–water partition coefficient (Wildman–Crippen LogP) is 2.52. The largest absolute Gasteiger partial charge is 0.376 e. The molecule has 0 aliphatic rings. The Balaban J connectivity index is 3.16. The van der Waals surface area contributed by atoms with Gasteiger partial charge in [-0.05, 0) is 54.6 Å². The van der Waals surface area contributed by atoms with E-state index in [1.807, 2.05) is 13.8 Å². The van der Waals surface area contributed by atoms with Gasteiger partial charge in [0, 0.05) is 31.0 Å². The summed E-state index contributed by atoms with van der Waals surface area (Å²) in [4.78, 5) is 26.2. The number of nitrogens with zero attached hydrogens (tertiary/aromatic N) is 2. The summed E-state index contributed by atoms with van der Waals surface area (Å²) in [5.74, 6) is 0. The van der Waals surface area contributed by atoms with E-state index in [0.29, 0.717) is 26.4 Å². The molecule has 138 valence electrons. The summed E-state index contributed by atoms with van der Waals surface area (Å²) in [5, 5.41) is 0. The molecular formula is C17H32N3O3P. The highest BCUT2D eigenvalue weighted by atomic mass is 31.1. The number of aromatic nitrogens is 2. The lowest BCUT2D eigenvalue weighted by atomic mass is 9.89. The lowest BCUT2D eigenvalue weighted by Gasteiger charge is -2.41. The van der Waals surface area contributed by atoms with Gasteiger partial charge < -0.3 is 4.74 Å². The maximum atomic E-state index is 12.2. The molecule has 0 amide bonds. The average Bonchev–Trinajstić information content (AvgIpc) is 2.50. The summed E-state index contributed by atoms with van der Waals surface area (Å²) in [6, 6.07) is 0.570. The molecule has 24 heavy (non-hydrogen) atoms. The van der Waals surface area contributed by atoms with Crippen molar-refractivity contribution in [3.63, 3.8) is 0 Å². The van der Waals surface area contributed by atoms with Crippen molar-refractivity contribution in [1.29, 1.82) is 0 Å². The number of hydrogen-bond donors (Lipinski definition) is 1. The maximum absolute atomic E-state index is 12.2. The molecular weight excluding hydrogens is 325 g/mol. The zero-order valence-corrected chi connectivity index (χ0v) is 17.1. The van der Waals surface area contributed by atoms with E-state index in [2.05, 4.69) is 37.1 Å². The minimum absolute atomic E-state index is 0.206. The Kier molecular flexibility index (Phi) is 7.39. The number of hydrogen-bond acceptors (Lipinski definition) is 4. The van der Waals surface area contributed by atoms with E-state index >= 15 is 0 Å². The monoisotopic (exact) mass is 357 g/mol. The first-order chi connectivity index (χ1) is 11.1. The Morgan fingerprint density at radius 3 is 2.38 bits per heavy atom. The Morgan fingerprint density at radius 1 is 1.33 bits per heavy atom. The van der Waals surface area contributed by atoms with Gasteiger partial charge in [-0.1, -0.05) is 8.73 Å². The number of aromatic amines is 1. The number of rotatable bonds is 8. The lowest BCUT2D eigenvalue weighted by molar-refractivity contribution is -0.0515. The Labute approximate surface area is 146 Å². The SMILES string of the molecule is COC(C)(CC(C)N(PC)C(C)C)C(C)n1cc(C)c(=O)[nH]c1=O. The van der Waals surface area contributed by atoms with Crippen molar-refractivity contribution in [3.05, 3.63) is 32.6 Å². The zero-order chi connectivity index (χ0) is 18.7. The molecule has 1 N–H and O–H groups in total. The summed E-state index contributed by atoms with van der Waals surface area (Å²) in [7, 11) is 2.39. The van der Waals surface area contributed by atoms with Crippen LogP contribution in [-0.4, -0.2) is 45.7 Å². The number of aryl methyl sites for hydroxylation is 1. The molecule has 0 spiro atoms. The zero-order valence-electron chi connectivity index (χ0n) is 16.1. The van der Waals surface area contributed by atoms with E-state index in [-0.39, 0.29) is 11.6 Å². The van der Waals surface area contributed by atoms with Gasteiger partial charge in [-0.2, -0.15) is 0 Å². The van der Waals surface area contributed by atoms with Crippen LogP contribution >= 0.6 is 8.73 Å². The number of nitrogens with one attached hydrogen (secondary N) is 1. The highest BCUT2D eigenvalue weighted by Crippen LogP contribution is 2.34. The molecule has 0 saturated heterocycles. The molecule has 0 aliphatic carbocycles. The van der Waals surface area contributed by atoms with Crippen LogP contribution in [-0.2, 0) is 4.74 Å². The molecule has 1 rings (SSSR count). The highest BCUT2D eigenvalue weighted by molar-refractivity contribution is 7.34. The molecule has 7 heteroatoms. The number of ether oxygens (including phenoxy) is 1. The van der Waals surface area contributed by atoms with Gasteiger partial charge in [-0.25, -0.2) is 4.79 Å². The first kappa shape index (κ1) is 21.1. The van der Waals surface area contributed by atoms with Crippen LogP contribution in [0.3, 0.4) is 0 Å². The topological polar surface area (TPSA) is 67.3 Å². The van der Waals surface area contributed by atoms with Gasteiger partial charge in [-0.15, -0.1) is 0 Å². The summed E-state index contributed by atoms with van der Waals surface area (Å²) < 4.78 is 9.85. The molecule has 1 aromatic rings. The molecule has 0 saturated carbocycles. The number of H-pyrrole nitrogens is 1. The van der Waals surface area contributed by atoms with Crippen molar-refractivity contribution in [3.8, 4) is 0 Å². The second-order valence-electron chi connectivity index (χ2n) is 6.95. The van der Waals surface area contributed by atoms with Gasteiger partial charge >= 0.3 is 5.69 Å². The van der Waals surface area contributed by atoms with Crippen LogP contribution in [0.15, 0.2) is 15.8 Å². The van der Waals surface area contributed by atoms with Gasteiger partial charge in [0.25, 0.3) is 5.56 Å². The van der Waals surface area contributed by atoms with E-state index in [4.69, 9.17) is 4.74 Å². The fourth-order valence-electron chi connectivity index (χ4n) is 3.26. The Bertz CT molecular complexity index is 655. The smallest absolute Gasteiger partial charge is 0.328 e. The van der Waals surface area contributed by atoms with E-state index in [0.717, 1.165) is 6.42 Å². The summed E-state index contributed by atoms with van der Waals surface area (Å²) in [6.07, 6.45) is 2.41. The van der Waals surface area contributed by atoms with Crippen LogP contribution < -0.4 is 11.2 Å². The molecule has 0 fully saturated rings. The second-order valence-corrected chi connectivity index (χ2v) is 7.91. The molecule has 4 unspecified atom stereocenters. The van der Waals surface area contributed by atoms with Gasteiger partial charge in [0.2, 0.25) is 0 Å². The standard InChI is InChI=1S/C17H32N3O3P/c1-11(2)20(24-8)13(4)9-17(6,23-7)14(5)19-10-12(3)15(21)18-16(19)22/h10-11,13-14,24H,9H2,1-8H3,(H,18,21,22). The minimum atomic E-state index is -0.527. The van der Waals surface area contributed by atoms with E-state index < -0.39 is 11.3 Å². The van der Waals surface area contributed by atoms with E-state index in [1.54, 1.807) is 24.8 Å². The van der Waals surface area contributed by atoms with Crippen molar-refractivity contribution in [2.24, 2.45) is 0 Å². The van der Waals surface area contributed by atoms with Crippen LogP contribution in [0.25, 0.3) is 0 Å². The third-order valence-corrected chi connectivity index (χ3v) is 6.38. The average molecular weight is 357 g/mol. The second kappa shape index (κ2) is 8.41. The van der Waals surface area contributed by atoms with Crippen LogP contribution in [0.5, 0.6) is 0 Å². The first-order valence-electron chi connectivity index (χ1n) is 8.40. The summed E-state index contributed by atoms with van der Waals surface area (Å²) in [6.45, 7) is 14.4.